The van der Waals surface area contributed by atoms with E-state index in [0.717, 1.165) is 65.0 Å². The summed E-state index contributed by atoms with van der Waals surface area (Å²) in [5.74, 6) is 1.82. The molecule has 3 heterocycles. The highest BCUT2D eigenvalue weighted by molar-refractivity contribution is 7.21. The van der Waals surface area contributed by atoms with E-state index in [1.807, 2.05) is 66.7 Å². The van der Waals surface area contributed by atoms with Crippen LogP contribution < -0.4 is 0 Å². The van der Waals surface area contributed by atoms with Gasteiger partial charge in [-0.2, -0.15) is 0 Å². The van der Waals surface area contributed by atoms with Crippen molar-refractivity contribution in [1.82, 2.24) is 19.9 Å². The maximum absolute atomic E-state index is 6.44. The molecule has 0 unspecified atom stereocenters. The van der Waals surface area contributed by atoms with Gasteiger partial charge in [0.25, 0.3) is 0 Å². The molecular weight excluding hydrogens is 633 g/mol. The van der Waals surface area contributed by atoms with Gasteiger partial charge in [-0.15, -0.1) is 11.3 Å². The number of rotatable bonds is 5. The molecule has 0 saturated carbocycles. The molecule has 3 aromatic heterocycles. The molecule has 0 aliphatic rings. The van der Waals surface area contributed by atoms with E-state index >= 15 is 0 Å². The van der Waals surface area contributed by atoms with E-state index in [0.29, 0.717) is 17.5 Å². The molecule has 50 heavy (non-hydrogen) atoms. The van der Waals surface area contributed by atoms with E-state index in [1.54, 1.807) is 11.3 Å². The molecule has 0 radical (unpaired) electrons. The van der Waals surface area contributed by atoms with Gasteiger partial charge in [-0.05, 0) is 40.1 Å². The molecule has 0 saturated heterocycles. The predicted octanol–water partition coefficient (Wildman–Crippen LogP) is 11.9. The number of benzene rings is 7. The molecule has 234 valence electrons. The highest BCUT2D eigenvalue weighted by Crippen LogP contribution is 2.40. The van der Waals surface area contributed by atoms with Crippen LogP contribution in [0, 0.1) is 0 Å². The van der Waals surface area contributed by atoms with Crippen molar-refractivity contribution < 1.29 is 4.42 Å². The van der Waals surface area contributed by atoms with Crippen LogP contribution in [0.5, 0.6) is 0 Å². The monoisotopic (exact) mass is 658 g/mol. The highest BCUT2D eigenvalue weighted by atomic mass is 32.1. The quantitative estimate of drug-likeness (QED) is 0.184. The molecule has 0 atom stereocenters. The normalized spacial score (nSPS) is 11.6. The summed E-state index contributed by atoms with van der Waals surface area (Å²) in [4.78, 5) is 20.1. The van der Waals surface area contributed by atoms with Gasteiger partial charge in [-0.3, -0.25) is 0 Å². The zero-order valence-electron chi connectivity index (χ0n) is 26.6. The van der Waals surface area contributed by atoms with Gasteiger partial charge < -0.3 is 4.42 Å². The molecule has 0 aliphatic carbocycles. The van der Waals surface area contributed by atoms with Crippen LogP contribution in [0.25, 0.3) is 98.8 Å². The molecule has 0 N–H and O–H groups in total. The summed E-state index contributed by atoms with van der Waals surface area (Å²) in [5.41, 5.74) is 8.62. The van der Waals surface area contributed by atoms with Crippen molar-refractivity contribution in [1.29, 1.82) is 0 Å². The lowest BCUT2D eigenvalue weighted by Gasteiger charge is -2.10. The Kier molecular flexibility index (Phi) is 6.60. The van der Waals surface area contributed by atoms with E-state index in [4.69, 9.17) is 24.4 Å². The lowest BCUT2D eigenvalue weighted by molar-refractivity contribution is 0.669. The molecule has 0 bridgehead atoms. The molecule has 6 heteroatoms. The first-order chi connectivity index (χ1) is 24.7. The van der Waals surface area contributed by atoms with Crippen LogP contribution >= 0.6 is 11.3 Å². The third kappa shape index (κ3) is 4.93. The van der Waals surface area contributed by atoms with Gasteiger partial charge >= 0.3 is 0 Å². The lowest BCUT2D eigenvalue weighted by Crippen LogP contribution is -2.00. The van der Waals surface area contributed by atoms with Crippen LogP contribution in [-0.2, 0) is 0 Å². The zero-order chi connectivity index (χ0) is 33.0. The van der Waals surface area contributed by atoms with Crippen molar-refractivity contribution in [2.45, 2.75) is 0 Å². The number of aromatic nitrogens is 4. The van der Waals surface area contributed by atoms with Gasteiger partial charge in [-0.25, -0.2) is 19.9 Å². The van der Waals surface area contributed by atoms with Gasteiger partial charge in [0, 0.05) is 39.1 Å². The smallest absolute Gasteiger partial charge is 0.164 e. The first-order valence-electron chi connectivity index (χ1n) is 16.5. The highest BCUT2D eigenvalue weighted by Gasteiger charge is 2.19. The number of fused-ring (bicyclic) bond motifs is 5. The van der Waals surface area contributed by atoms with E-state index in [2.05, 4.69) is 91.0 Å². The van der Waals surface area contributed by atoms with Crippen molar-refractivity contribution in [3.8, 4) is 55.9 Å². The zero-order valence-corrected chi connectivity index (χ0v) is 27.4. The van der Waals surface area contributed by atoms with Crippen molar-refractivity contribution >= 4 is 54.3 Å². The Hall–Kier alpha value is -6.50. The molecule has 10 aromatic rings. The Balaban J connectivity index is 1.12. The second kappa shape index (κ2) is 11.6. The standard InChI is InChI=1S/C44H26N4OS/c1-3-11-29(12-4-1)41-46-42(30-21-18-28(19-22-30)33-23-20-27-10-7-8-15-32(27)24-33)48-43(47-41)34-16-9-17-37-40(34)35-25-39-36(26-38(35)49-37)45-44(50-39)31-13-5-2-6-14-31/h1-26H. The van der Waals surface area contributed by atoms with Crippen molar-refractivity contribution in [2.75, 3.05) is 0 Å². The summed E-state index contributed by atoms with van der Waals surface area (Å²) in [6.07, 6.45) is 0. The summed E-state index contributed by atoms with van der Waals surface area (Å²) < 4.78 is 7.54. The lowest BCUT2D eigenvalue weighted by atomic mass is 10.00. The van der Waals surface area contributed by atoms with Gasteiger partial charge in [-0.1, -0.05) is 133 Å². The Bertz CT molecular complexity index is 2860. The summed E-state index contributed by atoms with van der Waals surface area (Å²) in [5, 5.41) is 5.42. The van der Waals surface area contributed by atoms with Gasteiger partial charge in [0.15, 0.2) is 17.5 Å². The van der Waals surface area contributed by atoms with Crippen molar-refractivity contribution in [3.05, 3.63) is 158 Å². The molecule has 0 aliphatic heterocycles. The Labute approximate surface area is 291 Å². The van der Waals surface area contributed by atoms with Crippen LogP contribution in [0.1, 0.15) is 0 Å². The van der Waals surface area contributed by atoms with Crippen LogP contribution in [0.15, 0.2) is 162 Å². The van der Waals surface area contributed by atoms with E-state index in [9.17, 15) is 0 Å². The molecular formula is C44H26N4OS. The van der Waals surface area contributed by atoms with Crippen molar-refractivity contribution in [2.24, 2.45) is 0 Å². The van der Waals surface area contributed by atoms with Crippen LogP contribution in [0.3, 0.4) is 0 Å². The largest absolute Gasteiger partial charge is 0.456 e. The summed E-state index contributed by atoms with van der Waals surface area (Å²) in [7, 11) is 0. The molecule has 0 amide bonds. The van der Waals surface area contributed by atoms with Crippen LogP contribution in [0.4, 0.5) is 0 Å². The topological polar surface area (TPSA) is 64.7 Å². The fourth-order valence-electron chi connectivity index (χ4n) is 6.66. The Morgan fingerprint density at radius 2 is 1.06 bits per heavy atom. The SMILES string of the molecule is c1ccc(-c2nc(-c3ccc(-c4ccc5ccccc5c4)cc3)nc(-c3cccc4oc5cc6nc(-c7ccccc7)sc6cc5c34)n2)cc1. The van der Waals surface area contributed by atoms with Crippen molar-refractivity contribution in [3.63, 3.8) is 0 Å². The van der Waals surface area contributed by atoms with Gasteiger partial charge in [0.2, 0.25) is 0 Å². The van der Waals surface area contributed by atoms with Crippen LogP contribution in [-0.4, -0.2) is 19.9 Å². The number of hydrogen-bond acceptors (Lipinski definition) is 6. The van der Waals surface area contributed by atoms with Gasteiger partial charge in [0.1, 0.15) is 16.2 Å². The number of hydrogen-bond donors (Lipinski definition) is 0. The van der Waals surface area contributed by atoms with E-state index < -0.39 is 0 Å². The molecule has 0 spiro atoms. The average Bonchev–Trinajstić information content (AvgIpc) is 3.78. The number of thiazole rings is 1. The van der Waals surface area contributed by atoms with E-state index in [-0.39, 0.29) is 0 Å². The first kappa shape index (κ1) is 28.5. The van der Waals surface area contributed by atoms with Crippen LogP contribution in [0.2, 0.25) is 0 Å². The van der Waals surface area contributed by atoms with E-state index in [1.165, 1.54) is 16.3 Å². The maximum Gasteiger partial charge on any atom is 0.164 e. The fourth-order valence-corrected chi connectivity index (χ4v) is 7.65. The fraction of sp³-hybridized carbons (Fsp3) is 0. The Morgan fingerprint density at radius 3 is 1.84 bits per heavy atom. The third-order valence-electron chi connectivity index (χ3n) is 9.16. The number of nitrogens with zero attached hydrogens (tertiary/aromatic N) is 4. The molecule has 10 rings (SSSR count). The predicted molar refractivity (Wildman–Crippen MR) is 205 cm³/mol. The maximum atomic E-state index is 6.44. The minimum atomic E-state index is 0.593. The summed E-state index contributed by atoms with van der Waals surface area (Å²) >= 11 is 1.68. The second-order valence-corrected chi connectivity index (χ2v) is 13.3. The van der Waals surface area contributed by atoms with Gasteiger partial charge in [0.05, 0.1) is 10.2 Å². The summed E-state index contributed by atoms with van der Waals surface area (Å²) in [6, 6.07) is 54.1. The third-order valence-corrected chi connectivity index (χ3v) is 10.2. The molecule has 5 nitrogen and oxygen atoms in total. The molecule has 7 aromatic carbocycles. The molecule has 0 fully saturated rings. The number of furan rings is 1. The summed E-state index contributed by atoms with van der Waals surface area (Å²) in [6.45, 7) is 0. The average molecular weight is 659 g/mol. The minimum absolute atomic E-state index is 0.593. The Morgan fingerprint density at radius 1 is 0.420 bits per heavy atom. The first-order valence-corrected chi connectivity index (χ1v) is 17.3. The second-order valence-electron chi connectivity index (χ2n) is 12.3. The minimum Gasteiger partial charge on any atom is -0.456 e.